The minimum atomic E-state index is -0.801. The lowest BCUT2D eigenvalue weighted by Crippen LogP contribution is -2.28. The first-order valence-corrected chi connectivity index (χ1v) is 8.39. The Morgan fingerprint density at radius 3 is 2.48 bits per heavy atom. The largest absolute Gasteiger partial charge is 0.497 e. The van der Waals surface area contributed by atoms with Crippen molar-refractivity contribution < 1.29 is 14.3 Å². The van der Waals surface area contributed by atoms with Crippen LogP contribution in [0.2, 0.25) is 0 Å². The Balaban J connectivity index is 1.94. The van der Waals surface area contributed by atoms with E-state index in [0.29, 0.717) is 19.3 Å². The van der Waals surface area contributed by atoms with Gasteiger partial charge in [0.05, 0.1) is 12.5 Å². The molecule has 0 amide bonds. The molecule has 3 heteroatoms. The number of hydrogen-bond donors (Lipinski definition) is 0. The molecule has 2 aliphatic carbocycles. The van der Waals surface area contributed by atoms with Gasteiger partial charge >= 0.3 is 0 Å². The van der Waals surface area contributed by atoms with Crippen molar-refractivity contribution in [2.24, 2.45) is 5.41 Å². The molecule has 23 heavy (non-hydrogen) atoms. The Kier molecular flexibility index (Phi) is 4.13. The molecular formula is C20H24O3. The maximum atomic E-state index is 12.1. The van der Waals surface area contributed by atoms with Crippen molar-refractivity contribution in [3.05, 3.63) is 34.9 Å². The highest BCUT2D eigenvalue weighted by molar-refractivity contribution is 6.12. The van der Waals surface area contributed by atoms with Crippen LogP contribution in [0, 0.1) is 12.3 Å². The zero-order chi connectivity index (χ0) is 16.6. The van der Waals surface area contributed by atoms with Gasteiger partial charge in [0.15, 0.2) is 0 Å². The lowest BCUT2D eigenvalue weighted by molar-refractivity contribution is -0.133. The number of allylic oxidation sites excluding steroid dienone is 2. The van der Waals surface area contributed by atoms with E-state index < -0.39 is 5.41 Å². The number of aryl methyl sites for hydroxylation is 2. The van der Waals surface area contributed by atoms with Gasteiger partial charge in [-0.25, -0.2) is 0 Å². The van der Waals surface area contributed by atoms with Gasteiger partial charge in [-0.1, -0.05) is 6.08 Å². The fourth-order valence-electron chi connectivity index (χ4n) is 3.89. The van der Waals surface area contributed by atoms with Gasteiger partial charge in [-0.05, 0) is 73.9 Å². The van der Waals surface area contributed by atoms with Crippen molar-refractivity contribution in [2.45, 2.75) is 52.4 Å². The van der Waals surface area contributed by atoms with E-state index in [4.69, 9.17) is 4.74 Å². The molecule has 1 aromatic carbocycles. The molecule has 122 valence electrons. The van der Waals surface area contributed by atoms with Crippen LogP contribution in [-0.2, 0) is 16.0 Å². The Hall–Kier alpha value is -1.90. The van der Waals surface area contributed by atoms with Crippen LogP contribution in [0.1, 0.15) is 55.7 Å². The molecule has 0 N–H and O–H groups in total. The van der Waals surface area contributed by atoms with Crippen LogP contribution in [0.25, 0.3) is 5.57 Å². The van der Waals surface area contributed by atoms with E-state index in [9.17, 15) is 9.59 Å². The molecule has 0 spiro atoms. The molecule has 3 rings (SSSR count). The van der Waals surface area contributed by atoms with Gasteiger partial charge in [-0.2, -0.15) is 0 Å². The lowest BCUT2D eigenvalue weighted by Gasteiger charge is -2.24. The minimum Gasteiger partial charge on any atom is -0.497 e. The van der Waals surface area contributed by atoms with Gasteiger partial charge in [-0.3, -0.25) is 9.59 Å². The van der Waals surface area contributed by atoms with E-state index in [1.54, 1.807) is 7.11 Å². The zero-order valence-corrected chi connectivity index (χ0v) is 14.2. The normalized spacial score (nSPS) is 21.6. The molecule has 0 saturated heterocycles. The van der Waals surface area contributed by atoms with Crippen molar-refractivity contribution in [1.82, 2.24) is 0 Å². The fraction of sp³-hybridized carbons (Fsp3) is 0.500. The average molecular weight is 312 g/mol. The van der Waals surface area contributed by atoms with Gasteiger partial charge in [0, 0.05) is 12.8 Å². The monoisotopic (exact) mass is 312 g/mol. The summed E-state index contributed by atoms with van der Waals surface area (Å²) < 4.78 is 5.37. The highest BCUT2D eigenvalue weighted by Crippen LogP contribution is 2.39. The van der Waals surface area contributed by atoms with Crippen LogP contribution in [0.3, 0.4) is 0 Å². The molecule has 0 heterocycles. The summed E-state index contributed by atoms with van der Waals surface area (Å²) in [5, 5.41) is 0. The first-order chi connectivity index (χ1) is 11.0. The van der Waals surface area contributed by atoms with Crippen LogP contribution < -0.4 is 4.74 Å². The van der Waals surface area contributed by atoms with E-state index in [2.05, 4.69) is 25.1 Å². The van der Waals surface area contributed by atoms with Gasteiger partial charge < -0.3 is 4.74 Å². The number of hydrogen-bond acceptors (Lipinski definition) is 3. The number of Topliss-reactive ketones (excluding diaryl/α,β-unsaturated/α-hetero) is 2. The van der Waals surface area contributed by atoms with Crippen LogP contribution in [0.5, 0.6) is 5.75 Å². The first-order valence-electron chi connectivity index (χ1n) is 8.39. The average Bonchev–Trinajstić information content (AvgIpc) is 2.80. The zero-order valence-electron chi connectivity index (χ0n) is 14.2. The van der Waals surface area contributed by atoms with Crippen LogP contribution >= 0.6 is 0 Å². The van der Waals surface area contributed by atoms with Gasteiger partial charge in [0.1, 0.15) is 17.3 Å². The molecule has 0 atom stereocenters. The maximum absolute atomic E-state index is 12.1. The van der Waals surface area contributed by atoms with E-state index in [-0.39, 0.29) is 11.6 Å². The summed E-state index contributed by atoms with van der Waals surface area (Å²) in [6, 6.07) is 4.18. The number of ether oxygens (including phenoxy) is 1. The standard InChI is InChI=1S/C20H24O3/c1-13-11-16(23-3)12-15-6-4-5-14(19(13)15)9-10-20(2)17(21)7-8-18(20)22/h9,11-12H,4-8,10H2,1-3H3. The van der Waals surface area contributed by atoms with Crippen LogP contribution in [0.15, 0.2) is 18.2 Å². The Morgan fingerprint density at radius 2 is 1.83 bits per heavy atom. The van der Waals surface area contributed by atoms with Crippen LogP contribution in [-0.4, -0.2) is 18.7 Å². The molecule has 0 unspecified atom stereocenters. The fourth-order valence-corrected chi connectivity index (χ4v) is 3.89. The summed E-state index contributed by atoms with van der Waals surface area (Å²) >= 11 is 0. The van der Waals surface area contributed by atoms with Gasteiger partial charge in [0.25, 0.3) is 0 Å². The molecule has 1 fully saturated rings. The second-order valence-electron chi connectivity index (χ2n) is 6.94. The predicted octanol–water partition coefficient (Wildman–Crippen LogP) is 4.05. The Labute approximate surface area is 137 Å². The number of ketones is 2. The molecule has 0 aliphatic heterocycles. The number of methoxy groups -OCH3 is 1. The van der Waals surface area contributed by atoms with Gasteiger partial charge in [0.2, 0.25) is 0 Å². The molecule has 1 saturated carbocycles. The molecular weight excluding hydrogens is 288 g/mol. The number of carbonyl (C=O) groups excluding carboxylic acids is 2. The first kappa shape index (κ1) is 16.0. The molecule has 3 nitrogen and oxygen atoms in total. The smallest absolute Gasteiger partial charge is 0.146 e. The second-order valence-corrected chi connectivity index (χ2v) is 6.94. The summed E-state index contributed by atoms with van der Waals surface area (Å²) in [6.45, 7) is 3.92. The summed E-state index contributed by atoms with van der Waals surface area (Å²) in [5.74, 6) is 1.10. The van der Waals surface area contributed by atoms with E-state index in [1.165, 1.54) is 22.3 Å². The van der Waals surface area contributed by atoms with E-state index in [0.717, 1.165) is 25.0 Å². The van der Waals surface area contributed by atoms with Crippen molar-refractivity contribution in [2.75, 3.05) is 7.11 Å². The highest BCUT2D eigenvalue weighted by atomic mass is 16.5. The second kappa shape index (κ2) is 5.95. The number of carbonyl (C=O) groups is 2. The topological polar surface area (TPSA) is 43.4 Å². The highest BCUT2D eigenvalue weighted by Gasteiger charge is 2.44. The summed E-state index contributed by atoms with van der Waals surface area (Å²) in [7, 11) is 1.69. The van der Waals surface area contributed by atoms with Gasteiger partial charge in [-0.15, -0.1) is 0 Å². The van der Waals surface area contributed by atoms with E-state index >= 15 is 0 Å². The van der Waals surface area contributed by atoms with E-state index in [1.807, 2.05) is 6.92 Å². The van der Waals surface area contributed by atoms with Crippen molar-refractivity contribution in [3.63, 3.8) is 0 Å². The van der Waals surface area contributed by atoms with Crippen molar-refractivity contribution in [1.29, 1.82) is 0 Å². The minimum absolute atomic E-state index is 0.0989. The number of benzene rings is 1. The number of rotatable bonds is 3. The third kappa shape index (κ3) is 2.73. The number of fused-ring (bicyclic) bond motifs is 1. The Bertz CT molecular complexity index is 681. The van der Waals surface area contributed by atoms with Crippen molar-refractivity contribution >= 4 is 17.1 Å². The summed E-state index contributed by atoms with van der Waals surface area (Å²) in [6.07, 6.45) is 6.66. The Morgan fingerprint density at radius 1 is 1.13 bits per heavy atom. The SMILES string of the molecule is COc1cc(C)c2c(c1)CCCC2=CCC1(C)C(=O)CCC1=O. The molecule has 0 aromatic heterocycles. The van der Waals surface area contributed by atoms with Crippen LogP contribution in [0.4, 0.5) is 0 Å². The summed E-state index contributed by atoms with van der Waals surface area (Å²) in [5.41, 5.74) is 4.29. The molecule has 0 radical (unpaired) electrons. The molecule has 1 aromatic rings. The molecule has 2 aliphatic rings. The maximum Gasteiger partial charge on any atom is 0.146 e. The third-order valence-electron chi connectivity index (χ3n) is 5.41. The van der Waals surface area contributed by atoms with Crippen molar-refractivity contribution in [3.8, 4) is 5.75 Å². The lowest BCUT2D eigenvalue weighted by atomic mass is 9.79. The quantitative estimate of drug-likeness (QED) is 0.791. The predicted molar refractivity (Wildman–Crippen MR) is 90.6 cm³/mol. The third-order valence-corrected chi connectivity index (χ3v) is 5.41. The molecule has 0 bridgehead atoms. The summed E-state index contributed by atoms with van der Waals surface area (Å²) in [4.78, 5) is 24.2.